The zero-order chi connectivity index (χ0) is 33.2. The lowest BCUT2D eigenvalue weighted by molar-refractivity contribution is -0.115. The van der Waals surface area contributed by atoms with Gasteiger partial charge in [0.15, 0.2) is 0 Å². The van der Waals surface area contributed by atoms with Crippen LogP contribution in [-0.4, -0.2) is 85.1 Å². The molecule has 3 aromatic carbocycles. The topological polar surface area (TPSA) is 130 Å². The van der Waals surface area contributed by atoms with Crippen molar-refractivity contribution in [2.75, 3.05) is 39.2 Å². The van der Waals surface area contributed by atoms with Crippen molar-refractivity contribution in [2.24, 2.45) is 13.0 Å². The number of amides is 2. The lowest BCUT2D eigenvalue weighted by Gasteiger charge is -2.38. The van der Waals surface area contributed by atoms with Gasteiger partial charge in [-0.25, -0.2) is 8.42 Å². The van der Waals surface area contributed by atoms with Crippen LogP contribution in [0.3, 0.4) is 0 Å². The molecule has 0 spiro atoms. The van der Waals surface area contributed by atoms with Gasteiger partial charge in [0.05, 0.1) is 43.2 Å². The van der Waals surface area contributed by atoms with Gasteiger partial charge in [-0.1, -0.05) is 25.1 Å². The smallest absolute Gasteiger partial charge is 0.258 e. The molecule has 1 aliphatic heterocycles. The molecule has 0 unspecified atom stereocenters. The molecular weight excluding hydrogens is 608 g/mol. The van der Waals surface area contributed by atoms with E-state index >= 15 is 0 Å². The molecule has 2 heterocycles. The first kappa shape index (κ1) is 33.0. The number of nitrogens with zero attached hydrogens (tertiary/aromatic N) is 3. The summed E-state index contributed by atoms with van der Waals surface area (Å²) in [5, 5.41) is 13.9. The van der Waals surface area contributed by atoms with Gasteiger partial charge in [0.25, 0.3) is 5.91 Å². The van der Waals surface area contributed by atoms with Gasteiger partial charge in [0, 0.05) is 49.3 Å². The summed E-state index contributed by atoms with van der Waals surface area (Å²) in [5.41, 5.74) is 2.54. The molecule has 0 aliphatic carbocycles. The summed E-state index contributed by atoms with van der Waals surface area (Å²) in [6.45, 7) is 3.60. The van der Waals surface area contributed by atoms with Crippen molar-refractivity contribution in [1.82, 2.24) is 13.8 Å². The van der Waals surface area contributed by atoms with Crippen molar-refractivity contribution in [3.05, 3.63) is 84.1 Å². The molecule has 2 N–H and O–H groups in total. The lowest BCUT2D eigenvalue weighted by atomic mass is 9.99. The molecule has 1 aliphatic rings. The molecule has 5 rings (SSSR count). The van der Waals surface area contributed by atoms with E-state index in [1.54, 1.807) is 42.2 Å². The Morgan fingerprint density at radius 2 is 1.87 bits per heavy atom. The third-order valence-corrected chi connectivity index (χ3v) is 10.3. The number of hydrogen-bond donors (Lipinski definition) is 2. The second-order valence-electron chi connectivity index (χ2n) is 11.8. The number of methoxy groups -OCH3 is 1. The highest BCUT2D eigenvalue weighted by Crippen LogP contribution is 2.32. The van der Waals surface area contributed by atoms with E-state index < -0.39 is 22.2 Å². The first-order valence-electron chi connectivity index (χ1n) is 15.1. The van der Waals surface area contributed by atoms with E-state index in [-0.39, 0.29) is 60.1 Å². The molecule has 12 heteroatoms. The molecular formula is C34H40N4O7S. The number of aryl methyl sites for hydroxylation is 1. The standard InChI is InChI=1S/C34H40N4O7S/c1-22-18-38(23(2)21-39)34(41)29-17-25(35-33(40)16-24-19-36(3)30-9-7-6-8-28(24)30)10-15-31(29)45-32(22)20-37(4)46(42,43)27-13-11-26(44-5)12-14-27/h6-15,17,19,22-23,32,39H,16,18,20-21H2,1-5H3,(H,35,40)/t22-,23+,32-/m0/s1. The molecule has 0 saturated carbocycles. The maximum atomic E-state index is 13.8. The Kier molecular flexibility index (Phi) is 9.71. The Labute approximate surface area is 269 Å². The second-order valence-corrected chi connectivity index (χ2v) is 13.8. The molecule has 1 aromatic heterocycles. The number of nitrogens with one attached hydrogen (secondary N) is 1. The Morgan fingerprint density at radius 3 is 2.57 bits per heavy atom. The van der Waals surface area contributed by atoms with E-state index in [0.29, 0.717) is 11.4 Å². The van der Waals surface area contributed by atoms with Crippen LogP contribution in [0.4, 0.5) is 5.69 Å². The number of carbonyl (C=O) groups excluding carboxylic acids is 2. The maximum absolute atomic E-state index is 13.8. The minimum absolute atomic E-state index is 0.00796. The number of rotatable bonds is 10. The van der Waals surface area contributed by atoms with Crippen LogP contribution < -0.4 is 14.8 Å². The SMILES string of the molecule is COc1ccc(S(=O)(=O)N(C)C[C@@H]2Oc3ccc(NC(=O)Cc4cn(C)c5ccccc45)cc3C(=O)N([C@H](C)CO)C[C@@H]2C)cc1. The minimum Gasteiger partial charge on any atom is -0.497 e. The predicted octanol–water partition coefficient (Wildman–Crippen LogP) is 3.91. The molecule has 0 radical (unpaired) electrons. The van der Waals surface area contributed by atoms with E-state index in [9.17, 15) is 23.1 Å². The number of aromatic nitrogens is 1. The minimum atomic E-state index is -3.86. The lowest BCUT2D eigenvalue weighted by Crippen LogP contribution is -2.50. The Morgan fingerprint density at radius 1 is 1.15 bits per heavy atom. The van der Waals surface area contributed by atoms with Gasteiger partial charge < -0.3 is 29.4 Å². The summed E-state index contributed by atoms with van der Waals surface area (Å²) in [6.07, 6.45) is 1.44. The number of aliphatic hydroxyl groups is 1. The quantitative estimate of drug-likeness (QED) is 0.267. The number of sulfonamides is 1. The number of carbonyl (C=O) groups is 2. The average Bonchev–Trinajstić information content (AvgIpc) is 3.36. The summed E-state index contributed by atoms with van der Waals surface area (Å²) in [5.74, 6) is -0.0834. The Hall–Kier alpha value is -4.39. The van der Waals surface area contributed by atoms with Crippen LogP contribution in [0.1, 0.15) is 29.8 Å². The molecule has 0 saturated heterocycles. The molecule has 244 valence electrons. The largest absolute Gasteiger partial charge is 0.497 e. The van der Waals surface area contributed by atoms with Crippen LogP contribution in [0, 0.1) is 5.92 Å². The maximum Gasteiger partial charge on any atom is 0.258 e. The van der Waals surface area contributed by atoms with Gasteiger partial charge in [-0.3, -0.25) is 9.59 Å². The highest BCUT2D eigenvalue weighted by atomic mass is 32.2. The molecule has 11 nitrogen and oxygen atoms in total. The van der Waals surface area contributed by atoms with Crippen molar-refractivity contribution >= 4 is 38.4 Å². The fourth-order valence-corrected chi connectivity index (χ4v) is 6.93. The number of para-hydroxylation sites is 1. The van der Waals surface area contributed by atoms with Crippen LogP contribution >= 0.6 is 0 Å². The third kappa shape index (κ3) is 6.74. The van der Waals surface area contributed by atoms with Crippen LogP contribution in [0.5, 0.6) is 11.5 Å². The second kappa shape index (κ2) is 13.5. The molecule has 0 bridgehead atoms. The van der Waals surface area contributed by atoms with Gasteiger partial charge in [-0.05, 0) is 61.0 Å². The van der Waals surface area contributed by atoms with E-state index in [1.165, 1.54) is 30.6 Å². The van der Waals surface area contributed by atoms with Crippen LogP contribution in [0.15, 0.2) is 77.8 Å². The van der Waals surface area contributed by atoms with Crippen LogP contribution in [-0.2, 0) is 28.3 Å². The monoisotopic (exact) mass is 648 g/mol. The Bertz CT molecular complexity index is 1840. The summed E-state index contributed by atoms with van der Waals surface area (Å²) in [7, 11) is 1.07. The normalized spacial score (nSPS) is 17.6. The molecule has 0 fully saturated rings. The van der Waals surface area contributed by atoms with Crippen molar-refractivity contribution in [2.45, 2.75) is 37.3 Å². The summed E-state index contributed by atoms with van der Waals surface area (Å²) >= 11 is 0. The summed E-state index contributed by atoms with van der Waals surface area (Å²) < 4.78 is 41.6. The summed E-state index contributed by atoms with van der Waals surface area (Å²) in [4.78, 5) is 28.7. The average molecular weight is 649 g/mol. The Balaban J connectivity index is 1.40. The zero-order valence-corrected chi connectivity index (χ0v) is 27.5. The fourth-order valence-electron chi connectivity index (χ4n) is 5.74. The summed E-state index contributed by atoms with van der Waals surface area (Å²) in [6, 6.07) is 18.4. The van der Waals surface area contributed by atoms with E-state index in [2.05, 4.69) is 5.32 Å². The highest BCUT2D eigenvalue weighted by Gasteiger charge is 2.35. The number of aliphatic hydroxyl groups excluding tert-OH is 1. The van der Waals surface area contributed by atoms with Crippen molar-refractivity contribution in [3.8, 4) is 11.5 Å². The van der Waals surface area contributed by atoms with E-state index in [0.717, 1.165) is 16.5 Å². The molecule has 4 aromatic rings. The number of likely N-dealkylation sites (N-methyl/N-ethyl adjacent to an activating group) is 1. The first-order valence-corrected chi connectivity index (χ1v) is 16.5. The van der Waals surface area contributed by atoms with Gasteiger partial charge in [-0.15, -0.1) is 0 Å². The van der Waals surface area contributed by atoms with Gasteiger partial charge >= 0.3 is 0 Å². The zero-order valence-electron chi connectivity index (χ0n) is 26.6. The van der Waals surface area contributed by atoms with Gasteiger partial charge in [0.1, 0.15) is 17.6 Å². The number of hydrogen-bond acceptors (Lipinski definition) is 7. The van der Waals surface area contributed by atoms with Crippen LogP contribution in [0.25, 0.3) is 10.9 Å². The fraction of sp³-hybridized carbons (Fsp3) is 0.353. The van der Waals surface area contributed by atoms with Gasteiger partial charge in [-0.2, -0.15) is 4.31 Å². The van der Waals surface area contributed by atoms with Crippen molar-refractivity contribution in [3.63, 3.8) is 0 Å². The molecule has 46 heavy (non-hydrogen) atoms. The van der Waals surface area contributed by atoms with E-state index in [1.807, 2.05) is 49.0 Å². The molecule has 2 amide bonds. The molecule has 3 atom stereocenters. The highest BCUT2D eigenvalue weighted by molar-refractivity contribution is 7.89. The first-order chi connectivity index (χ1) is 21.9. The van der Waals surface area contributed by atoms with E-state index in [4.69, 9.17) is 9.47 Å². The number of fused-ring (bicyclic) bond motifs is 2. The predicted molar refractivity (Wildman–Crippen MR) is 176 cm³/mol. The third-order valence-electron chi connectivity index (χ3n) is 8.48. The number of benzene rings is 3. The van der Waals surface area contributed by atoms with Crippen LogP contribution in [0.2, 0.25) is 0 Å². The van der Waals surface area contributed by atoms with Crippen molar-refractivity contribution < 1.29 is 32.6 Å². The number of anilines is 1. The van der Waals surface area contributed by atoms with Gasteiger partial charge in [0.2, 0.25) is 15.9 Å². The van der Waals surface area contributed by atoms with Crippen molar-refractivity contribution in [1.29, 1.82) is 0 Å². The number of ether oxygens (including phenoxy) is 2.